The Balaban J connectivity index is 1.67. The van der Waals surface area contributed by atoms with Gasteiger partial charge in [0.2, 0.25) is 5.91 Å². The maximum atomic E-state index is 13.9. The number of amides is 1. The van der Waals surface area contributed by atoms with E-state index in [9.17, 15) is 18.0 Å². The molecule has 1 amide bonds. The van der Waals surface area contributed by atoms with Gasteiger partial charge in [-0.1, -0.05) is 30.3 Å². The first-order valence-corrected chi connectivity index (χ1v) is 9.38. The molecule has 4 nitrogen and oxygen atoms in total. The Kier molecular flexibility index (Phi) is 4.24. The van der Waals surface area contributed by atoms with E-state index in [0.717, 1.165) is 5.56 Å². The van der Waals surface area contributed by atoms with E-state index in [4.69, 9.17) is 0 Å². The Hall–Kier alpha value is -1.25. The van der Waals surface area contributed by atoms with Crippen molar-refractivity contribution in [2.75, 3.05) is 0 Å². The molecule has 1 aromatic carbocycles. The van der Waals surface area contributed by atoms with Gasteiger partial charge in [-0.2, -0.15) is 13.2 Å². The lowest BCUT2D eigenvalue weighted by atomic mass is 9.75. The van der Waals surface area contributed by atoms with Crippen molar-refractivity contribution in [3.8, 4) is 0 Å². The molecule has 1 aromatic rings. The fourth-order valence-corrected chi connectivity index (χ4v) is 6.05. The number of benzene rings is 1. The molecule has 7 unspecified atom stereocenters. The smallest absolute Gasteiger partial charge is 0.340 e. The summed E-state index contributed by atoms with van der Waals surface area (Å²) in [5.41, 5.74) is 0.858. The molecule has 4 rings (SSSR count). The summed E-state index contributed by atoms with van der Waals surface area (Å²) in [6, 6.07) is 8.41. The molecule has 3 aliphatic heterocycles. The number of piperidine rings is 1. The quantitative estimate of drug-likeness (QED) is 0.710. The average molecular weight is 371 g/mol. The maximum absolute atomic E-state index is 13.9. The van der Waals surface area contributed by atoms with Crippen LogP contribution in [0.3, 0.4) is 0 Å². The van der Waals surface area contributed by atoms with Gasteiger partial charge in [-0.25, -0.2) is 0 Å². The molecule has 0 saturated carbocycles. The van der Waals surface area contributed by atoms with Crippen LogP contribution < -0.4 is 16.0 Å². The highest BCUT2D eigenvalue weighted by molar-refractivity contribution is 8.01. The normalized spacial score (nSPS) is 41.0. The molecule has 3 fully saturated rings. The van der Waals surface area contributed by atoms with E-state index in [-0.39, 0.29) is 24.5 Å². The Labute approximate surface area is 148 Å². The third kappa shape index (κ3) is 3.04. The minimum absolute atomic E-state index is 0.00383. The molecule has 0 radical (unpaired) electrons. The number of thioether (sulfide) groups is 1. The van der Waals surface area contributed by atoms with Gasteiger partial charge in [-0.3, -0.25) is 15.4 Å². The minimum Gasteiger partial charge on any atom is -0.340 e. The molecule has 136 valence electrons. The molecule has 8 heteroatoms. The van der Waals surface area contributed by atoms with Crippen molar-refractivity contribution in [1.82, 2.24) is 16.0 Å². The number of carbonyl (C=O) groups is 1. The second-order valence-corrected chi connectivity index (χ2v) is 8.28. The second kappa shape index (κ2) is 6.17. The summed E-state index contributed by atoms with van der Waals surface area (Å²) in [6.07, 6.45) is -4.60. The molecule has 7 atom stereocenters. The fraction of sp³-hybridized carbons (Fsp3) is 0.588. The predicted molar refractivity (Wildman–Crippen MR) is 89.7 cm³/mol. The first-order chi connectivity index (χ1) is 11.8. The standard InChI is InChI=1S/C17H20F3N3OS/c1-8-21-13-12-10(17(18,19)20)7-11(9-5-3-2-4-6-9)23-16(12)25-14(13)15(24)22-8/h2-6,8,10-14,16,21,23H,7H2,1H3,(H,22,24). The number of halogens is 3. The van der Waals surface area contributed by atoms with Gasteiger partial charge in [-0.15, -0.1) is 11.8 Å². The molecular weight excluding hydrogens is 351 g/mol. The van der Waals surface area contributed by atoms with Crippen LogP contribution in [0.5, 0.6) is 0 Å². The summed E-state index contributed by atoms with van der Waals surface area (Å²) >= 11 is 1.32. The van der Waals surface area contributed by atoms with Crippen LogP contribution in [0.15, 0.2) is 30.3 Å². The van der Waals surface area contributed by atoms with Crippen molar-refractivity contribution in [3.63, 3.8) is 0 Å². The number of hydrogen-bond acceptors (Lipinski definition) is 4. The lowest BCUT2D eigenvalue weighted by molar-refractivity contribution is -0.201. The summed E-state index contributed by atoms with van der Waals surface area (Å²) in [4.78, 5) is 12.3. The van der Waals surface area contributed by atoms with Crippen LogP contribution in [0.25, 0.3) is 0 Å². The summed E-state index contributed by atoms with van der Waals surface area (Å²) in [5.74, 6) is -2.25. The Bertz CT molecular complexity index is 656. The third-order valence-corrected chi connectivity index (χ3v) is 6.93. The Morgan fingerprint density at radius 1 is 1.16 bits per heavy atom. The molecular formula is C17H20F3N3OS. The molecule has 0 spiro atoms. The number of nitrogens with one attached hydrogen (secondary N) is 3. The molecule has 0 bridgehead atoms. The maximum Gasteiger partial charge on any atom is 0.392 e. The van der Waals surface area contributed by atoms with E-state index < -0.39 is 34.7 Å². The summed E-state index contributed by atoms with van der Waals surface area (Å²) < 4.78 is 41.6. The van der Waals surface area contributed by atoms with Crippen LogP contribution in [0, 0.1) is 11.8 Å². The highest BCUT2D eigenvalue weighted by Crippen LogP contribution is 2.53. The zero-order valence-corrected chi connectivity index (χ0v) is 14.4. The van der Waals surface area contributed by atoms with Crippen LogP contribution in [-0.4, -0.2) is 34.9 Å². The van der Waals surface area contributed by atoms with E-state index in [1.54, 1.807) is 6.92 Å². The molecule has 0 aromatic heterocycles. The molecule has 3 heterocycles. The van der Waals surface area contributed by atoms with Crippen molar-refractivity contribution < 1.29 is 18.0 Å². The van der Waals surface area contributed by atoms with Crippen LogP contribution in [0.1, 0.15) is 24.9 Å². The van der Waals surface area contributed by atoms with Crippen molar-refractivity contribution >= 4 is 17.7 Å². The summed E-state index contributed by atoms with van der Waals surface area (Å²) in [5, 5.41) is 8.43. The fourth-order valence-electron chi connectivity index (χ4n) is 4.33. The number of rotatable bonds is 1. The Morgan fingerprint density at radius 2 is 1.88 bits per heavy atom. The lowest BCUT2D eigenvalue weighted by Crippen LogP contribution is -2.64. The number of hydrogen-bond donors (Lipinski definition) is 3. The first-order valence-electron chi connectivity index (χ1n) is 8.44. The predicted octanol–water partition coefficient (Wildman–Crippen LogP) is 2.39. The van der Waals surface area contributed by atoms with Gasteiger partial charge in [-0.05, 0) is 18.9 Å². The van der Waals surface area contributed by atoms with E-state index in [2.05, 4.69) is 16.0 Å². The SMILES string of the molecule is CC1NC(=O)C2SC3NC(c4ccccc4)CC(C(F)(F)F)C3C2N1. The largest absolute Gasteiger partial charge is 0.392 e. The van der Waals surface area contributed by atoms with Crippen molar-refractivity contribution in [2.45, 2.75) is 48.4 Å². The number of carbonyl (C=O) groups excluding carboxylic acids is 1. The highest BCUT2D eigenvalue weighted by atomic mass is 32.2. The van der Waals surface area contributed by atoms with E-state index in [1.165, 1.54) is 11.8 Å². The van der Waals surface area contributed by atoms with Gasteiger partial charge in [0.25, 0.3) is 0 Å². The van der Waals surface area contributed by atoms with Gasteiger partial charge in [0.05, 0.1) is 17.5 Å². The van der Waals surface area contributed by atoms with Crippen molar-refractivity contribution in [1.29, 1.82) is 0 Å². The molecule has 0 aliphatic carbocycles. The summed E-state index contributed by atoms with van der Waals surface area (Å²) in [7, 11) is 0. The Morgan fingerprint density at radius 3 is 2.56 bits per heavy atom. The third-order valence-electron chi connectivity index (χ3n) is 5.39. The molecule has 3 saturated heterocycles. The molecule has 3 N–H and O–H groups in total. The topological polar surface area (TPSA) is 53.2 Å². The number of alkyl halides is 3. The van der Waals surface area contributed by atoms with Gasteiger partial charge in [0.15, 0.2) is 0 Å². The van der Waals surface area contributed by atoms with Crippen LogP contribution in [0.2, 0.25) is 0 Å². The second-order valence-electron chi connectivity index (χ2n) is 6.99. The van der Waals surface area contributed by atoms with Crippen LogP contribution in [0.4, 0.5) is 13.2 Å². The van der Waals surface area contributed by atoms with Gasteiger partial charge in [0.1, 0.15) is 5.25 Å². The van der Waals surface area contributed by atoms with E-state index in [1.807, 2.05) is 30.3 Å². The minimum atomic E-state index is -4.29. The van der Waals surface area contributed by atoms with Crippen molar-refractivity contribution in [3.05, 3.63) is 35.9 Å². The zero-order valence-electron chi connectivity index (χ0n) is 13.6. The van der Waals surface area contributed by atoms with Crippen molar-refractivity contribution in [2.24, 2.45) is 11.8 Å². The monoisotopic (exact) mass is 371 g/mol. The average Bonchev–Trinajstić information content (AvgIpc) is 2.93. The first kappa shape index (κ1) is 17.2. The van der Waals surface area contributed by atoms with Gasteiger partial charge >= 0.3 is 6.18 Å². The lowest BCUT2D eigenvalue weighted by Gasteiger charge is -2.43. The van der Waals surface area contributed by atoms with Crippen LogP contribution in [-0.2, 0) is 4.79 Å². The zero-order chi connectivity index (χ0) is 17.8. The number of fused-ring (bicyclic) bond motifs is 3. The van der Waals surface area contributed by atoms with E-state index >= 15 is 0 Å². The van der Waals surface area contributed by atoms with Crippen LogP contribution >= 0.6 is 11.8 Å². The molecule has 25 heavy (non-hydrogen) atoms. The molecule has 3 aliphatic rings. The van der Waals surface area contributed by atoms with Gasteiger partial charge in [0, 0.05) is 18.0 Å². The highest BCUT2D eigenvalue weighted by Gasteiger charge is 2.61. The van der Waals surface area contributed by atoms with Gasteiger partial charge < -0.3 is 5.32 Å². The summed E-state index contributed by atoms with van der Waals surface area (Å²) in [6.45, 7) is 1.76. The van der Waals surface area contributed by atoms with E-state index in [0.29, 0.717) is 0 Å².